The zero-order valence-electron chi connectivity index (χ0n) is 13.3. The molecule has 1 aromatic carbocycles. The number of hydrogen-bond donors (Lipinski definition) is 1. The van der Waals surface area contributed by atoms with E-state index in [-0.39, 0.29) is 17.3 Å². The van der Waals surface area contributed by atoms with Crippen molar-refractivity contribution in [1.29, 1.82) is 0 Å². The number of ether oxygens (including phenoxy) is 1. The molecular weight excluding hydrogens is 312 g/mol. The Morgan fingerprint density at radius 3 is 2.71 bits per heavy atom. The van der Waals surface area contributed by atoms with E-state index in [0.717, 1.165) is 12.3 Å². The maximum Gasteiger partial charge on any atom is 0.306 e. The molecule has 7 nitrogen and oxygen atoms in total. The quantitative estimate of drug-likeness (QED) is 0.490. The fraction of sp³-hybridized carbons (Fsp3) is 0.529. The Bertz CT molecular complexity index is 660. The van der Waals surface area contributed by atoms with Crippen molar-refractivity contribution in [2.24, 2.45) is 17.8 Å². The molecule has 3 rings (SSSR count). The summed E-state index contributed by atoms with van der Waals surface area (Å²) in [6, 6.07) is 5.84. The minimum Gasteiger partial charge on any atom is -0.456 e. The largest absolute Gasteiger partial charge is 0.456 e. The van der Waals surface area contributed by atoms with Crippen molar-refractivity contribution >= 4 is 23.3 Å². The molecule has 1 aromatic rings. The van der Waals surface area contributed by atoms with E-state index in [1.165, 1.54) is 37.5 Å². The van der Waals surface area contributed by atoms with Crippen molar-refractivity contribution in [1.82, 2.24) is 0 Å². The van der Waals surface area contributed by atoms with Gasteiger partial charge in [-0.05, 0) is 43.1 Å². The van der Waals surface area contributed by atoms with Crippen LogP contribution in [0, 0.1) is 27.9 Å². The lowest BCUT2D eigenvalue weighted by Gasteiger charge is -2.20. The Morgan fingerprint density at radius 2 is 2.04 bits per heavy atom. The lowest BCUT2D eigenvalue weighted by atomic mass is 9.86. The Hall–Kier alpha value is -2.44. The van der Waals surface area contributed by atoms with Crippen LogP contribution in [0.3, 0.4) is 0 Å². The zero-order chi connectivity index (χ0) is 17.1. The van der Waals surface area contributed by atoms with Gasteiger partial charge in [0, 0.05) is 12.5 Å². The second-order valence-corrected chi connectivity index (χ2v) is 6.62. The highest BCUT2D eigenvalue weighted by Gasteiger charge is 2.40. The highest BCUT2D eigenvalue weighted by molar-refractivity contribution is 5.94. The number of anilines is 1. The maximum atomic E-state index is 11.9. The lowest BCUT2D eigenvalue weighted by molar-refractivity contribution is -0.383. The van der Waals surface area contributed by atoms with Gasteiger partial charge in [-0.15, -0.1) is 0 Å². The summed E-state index contributed by atoms with van der Waals surface area (Å²) >= 11 is 0. The number of nitrogens with zero attached hydrogens (tertiary/aromatic N) is 1. The van der Waals surface area contributed by atoms with Gasteiger partial charge in [-0.3, -0.25) is 19.7 Å². The Balaban J connectivity index is 1.46. The molecule has 0 aromatic heterocycles. The number of nitro groups is 1. The number of benzene rings is 1. The topological polar surface area (TPSA) is 98.5 Å². The number of fused-ring (bicyclic) bond motifs is 2. The average molecular weight is 332 g/mol. The lowest BCUT2D eigenvalue weighted by Crippen LogP contribution is -2.23. The number of amides is 1. The summed E-state index contributed by atoms with van der Waals surface area (Å²) in [6.07, 6.45) is 5.13. The predicted octanol–water partition coefficient (Wildman–Crippen LogP) is 2.90. The molecule has 0 spiro atoms. The molecule has 2 bridgehead atoms. The maximum absolute atomic E-state index is 11.9. The zero-order valence-corrected chi connectivity index (χ0v) is 13.3. The summed E-state index contributed by atoms with van der Waals surface area (Å²) in [5.74, 6) is 0.823. The molecule has 2 fully saturated rings. The minimum atomic E-state index is -0.578. The normalized spacial score (nSPS) is 24.6. The van der Waals surface area contributed by atoms with Crippen LogP contribution in [-0.2, 0) is 14.3 Å². The minimum absolute atomic E-state index is 0.0941. The smallest absolute Gasteiger partial charge is 0.306 e. The fourth-order valence-corrected chi connectivity index (χ4v) is 3.97. The van der Waals surface area contributed by atoms with E-state index in [9.17, 15) is 19.7 Å². The van der Waals surface area contributed by atoms with E-state index >= 15 is 0 Å². The highest BCUT2D eigenvalue weighted by atomic mass is 16.6. The van der Waals surface area contributed by atoms with E-state index < -0.39 is 17.4 Å². The molecule has 3 atom stereocenters. The number of nitro benzene ring substituents is 1. The second-order valence-electron chi connectivity index (χ2n) is 6.62. The van der Waals surface area contributed by atoms with Crippen molar-refractivity contribution in [3.8, 4) is 0 Å². The fourth-order valence-electron chi connectivity index (χ4n) is 3.97. The van der Waals surface area contributed by atoms with Crippen LogP contribution < -0.4 is 5.32 Å². The van der Waals surface area contributed by atoms with Gasteiger partial charge in [0.25, 0.3) is 11.6 Å². The first-order valence-corrected chi connectivity index (χ1v) is 8.22. The van der Waals surface area contributed by atoms with Gasteiger partial charge in [-0.1, -0.05) is 18.6 Å². The number of carbonyl (C=O) groups is 2. The number of esters is 1. The molecule has 1 N–H and O–H groups in total. The Kier molecular flexibility index (Phi) is 4.78. The van der Waals surface area contributed by atoms with Crippen LogP contribution in [0.15, 0.2) is 24.3 Å². The summed E-state index contributed by atoms with van der Waals surface area (Å²) in [7, 11) is 0. The molecule has 7 heteroatoms. The third kappa shape index (κ3) is 3.72. The van der Waals surface area contributed by atoms with Crippen LogP contribution in [0.2, 0.25) is 0 Å². The molecule has 24 heavy (non-hydrogen) atoms. The number of rotatable bonds is 6. The predicted molar refractivity (Wildman–Crippen MR) is 86.2 cm³/mol. The molecule has 128 valence electrons. The molecule has 2 aliphatic rings. The van der Waals surface area contributed by atoms with Crippen molar-refractivity contribution in [3.63, 3.8) is 0 Å². The van der Waals surface area contributed by atoms with Gasteiger partial charge in [0.1, 0.15) is 5.69 Å². The molecule has 2 aliphatic carbocycles. The van der Waals surface area contributed by atoms with Gasteiger partial charge in [-0.25, -0.2) is 0 Å². The van der Waals surface area contributed by atoms with E-state index in [4.69, 9.17) is 4.74 Å². The van der Waals surface area contributed by atoms with Crippen LogP contribution >= 0.6 is 0 Å². The van der Waals surface area contributed by atoms with Gasteiger partial charge in [0.15, 0.2) is 6.61 Å². The number of para-hydroxylation sites is 2. The molecule has 2 saturated carbocycles. The first-order chi connectivity index (χ1) is 11.5. The van der Waals surface area contributed by atoms with Crippen molar-refractivity contribution in [3.05, 3.63) is 34.4 Å². The summed E-state index contributed by atoms with van der Waals surface area (Å²) in [6.45, 7) is -0.425. The van der Waals surface area contributed by atoms with E-state index in [2.05, 4.69) is 5.32 Å². The van der Waals surface area contributed by atoms with Crippen molar-refractivity contribution < 1.29 is 19.2 Å². The van der Waals surface area contributed by atoms with Crippen LogP contribution in [0.1, 0.15) is 32.1 Å². The van der Waals surface area contributed by atoms with Gasteiger partial charge in [0.2, 0.25) is 0 Å². The van der Waals surface area contributed by atoms with Crippen molar-refractivity contribution in [2.45, 2.75) is 32.1 Å². The van der Waals surface area contributed by atoms with Crippen molar-refractivity contribution in [2.75, 3.05) is 11.9 Å². The van der Waals surface area contributed by atoms with Gasteiger partial charge in [0.05, 0.1) is 4.92 Å². The van der Waals surface area contributed by atoms with Crippen LogP contribution in [-0.4, -0.2) is 23.4 Å². The molecule has 0 unspecified atom stereocenters. The summed E-state index contributed by atoms with van der Waals surface area (Å²) in [5, 5.41) is 13.3. The van der Waals surface area contributed by atoms with Gasteiger partial charge in [-0.2, -0.15) is 0 Å². The first kappa shape index (κ1) is 16.4. The van der Waals surface area contributed by atoms with Gasteiger partial charge >= 0.3 is 5.97 Å². The Morgan fingerprint density at radius 1 is 1.25 bits per heavy atom. The first-order valence-electron chi connectivity index (χ1n) is 8.22. The second kappa shape index (κ2) is 6.98. The standard InChI is InChI=1S/C17H20N2O5/c20-16(18-14-3-1-2-4-15(14)19(22)23)10-24-17(21)9-13-8-11-5-6-12(13)7-11/h1-4,11-13H,5-10H2,(H,18,20)/t11-,12-,13-/m1/s1. The average Bonchev–Trinajstić information content (AvgIpc) is 3.16. The molecule has 1 amide bonds. The number of nitrogens with one attached hydrogen (secondary N) is 1. The van der Waals surface area contributed by atoms with E-state index in [0.29, 0.717) is 18.3 Å². The van der Waals surface area contributed by atoms with Crippen LogP contribution in [0.5, 0.6) is 0 Å². The number of carbonyl (C=O) groups excluding carboxylic acids is 2. The molecular formula is C17H20N2O5. The Labute approximate surface area is 139 Å². The van der Waals surface area contributed by atoms with E-state index in [1.54, 1.807) is 6.07 Å². The van der Waals surface area contributed by atoms with Crippen LogP contribution in [0.4, 0.5) is 11.4 Å². The van der Waals surface area contributed by atoms with Crippen LogP contribution in [0.25, 0.3) is 0 Å². The summed E-state index contributed by atoms with van der Waals surface area (Å²) < 4.78 is 5.03. The summed E-state index contributed by atoms with van der Waals surface area (Å²) in [4.78, 5) is 34.1. The highest BCUT2D eigenvalue weighted by Crippen LogP contribution is 2.49. The van der Waals surface area contributed by atoms with Gasteiger partial charge < -0.3 is 10.1 Å². The molecule has 0 heterocycles. The van der Waals surface area contributed by atoms with E-state index in [1.807, 2.05) is 0 Å². The molecule has 0 radical (unpaired) electrons. The number of hydrogen-bond acceptors (Lipinski definition) is 5. The third-order valence-corrected chi connectivity index (χ3v) is 5.05. The summed E-state index contributed by atoms with van der Waals surface area (Å²) in [5.41, 5.74) is -0.101. The third-order valence-electron chi connectivity index (χ3n) is 5.05. The molecule has 0 saturated heterocycles. The molecule has 0 aliphatic heterocycles. The monoisotopic (exact) mass is 332 g/mol. The SMILES string of the molecule is O=C(COC(=O)C[C@H]1C[C@@H]2CC[C@@H]1C2)Nc1ccccc1[N+](=O)[O-].